The van der Waals surface area contributed by atoms with E-state index in [0.717, 1.165) is 19.3 Å². The summed E-state index contributed by atoms with van der Waals surface area (Å²) in [5.74, 6) is 0.433. The molecule has 64 valence electrons. The minimum Gasteiger partial charge on any atom is -0.291 e. The van der Waals surface area contributed by atoms with Gasteiger partial charge in [0.05, 0.1) is 0 Å². The molecule has 4 atom stereocenters. The first-order chi connectivity index (χ1) is 5.65. The van der Waals surface area contributed by atoms with Crippen molar-refractivity contribution in [3.05, 3.63) is 0 Å². The molecule has 3 fully saturated rings. The van der Waals surface area contributed by atoms with Gasteiger partial charge in [-0.25, -0.2) is 0 Å². The highest BCUT2D eigenvalue weighted by Gasteiger charge is 2.69. The van der Waals surface area contributed by atoms with E-state index in [0.29, 0.717) is 10.7 Å². The molecule has 1 spiro atoms. The summed E-state index contributed by atoms with van der Waals surface area (Å²) in [6.45, 7) is 0. The first-order valence-electron chi connectivity index (χ1n) is 4.38. The van der Waals surface area contributed by atoms with Crippen LogP contribution in [0.3, 0.4) is 0 Å². The Balaban J connectivity index is 2.06. The maximum absolute atomic E-state index is 11.5. The van der Waals surface area contributed by atoms with Crippen molar-refractivity contribution < 1.29 is 9.59 Å². The van der Waals surface area contributed by atoms with Crippen molar-refractivity contribution in [2.45, 2.75) is 24.1 Å². The first-order valence-corrected chi connectivity index (χ1v) is 5.29. The van der Waals surface area contributed by atoms with Crippen LogP contribution in [0.2, 0.25) is 0 Å². The smallest absolute Gasteiger partial charge is 0.205 e. The molecular formula is C9H9BrO2. The van der Waals surface area contributed by atoms with Gasteiger partial charge in [-0.15, -0.1) is 0 Å². The van der Waals surface area contributed by atoms with Gasteiger partial charge in [-0.2, -0.15) is 0 Å². The summed E-state index contributed by atoms with van der Waals surface area (Å²) in [4.78, 5) is 23.3. The van der Waals surface area contributed by atoms with Gasteiger partial charge in [0.25, 0.3) is 0 Å². The van der Waals surface area contributed by atoms with Crippen LogP contribution in [-0.2, 0) is 9.59 Å². The standard InChI is InChI=1S/C9H9BrO2/c10-6-3-9-2-4(1-5(6)9)7(11)8(9)12/h4-6H,1-3H2. The lowest BCUT2D eigenvalue weighted by atomic mass is 9.59. The van der Waals surface area contributed by atoms with E-state index >= 15 is 0 Å². The zero-order chi connectivity index (χ0) is 8.51. The summed E-state index contributed by atoms with van der Waals surface area (Å²) < 4.78 is 0. The third-order valence-corrected chi connectivity index (χ3v) is 4.86. The number of fused-ring (bicyclic) bond motifs is 1. The van der Waals surface area contributed by atoms with Crippen LogP contribution in [0.4, 0.5) is 0 Å². The Kier molecular flexibility index (Phi) is 1.11. The fourth-order valence-corrected chi connectivity index (χ4v) is 4.55. The average molecular weight is 229 g/mol. The largest absolute Gasteiger partial charge is 0.291 e. The number of alkyl halides is 1. The molecule has 0 saturated heterocycles. The summed E-state index contributed by atoms with van der Waals surface area (Å²) in [7, 11) is 0. The summed E-state index contributed by atoms with van der Waals surface area (Å²) >= 11 is 3.55. The zero-order valence-corrected chi connectivity index (χ0v) is 8.13. The lowest BCUT2D eigenvalue weighted by Crippen LogP contribution is -2.52. The Hall–Kier alpha value is -0.180. The highest BCUT2D eigenvalue weighted by atomic mass is 79.9. The predicted octanol–water partition coefficient (Wildman–Crippen LogP) is 1.32. The molecule has 0 aromatic heterocycles. The topological polar surface area (TPSA) is 34.1 Å². The van der Waals surface area contributed by atoms with E-state index in [1.54, 1.807) is 0 Å². The summed E-state index contributed by atoms with van der Waals surface area (Å²) in [5, 5.41) is 0. The maximum atomic E-state index is 11.5. The Morgan fingerprint density at radius 3 is 2.67 bits per heavy atom. The van der Waals surface area contributed by atoms with E-state index in [-0.39, 0.29) is 22.9 Å². The Bertz CT molecular complexity index is 299. The fraction of sp³-hybridized carbons (Fsp3) is 0.778. The van der Waals surface area contributed by atoms with Crippen LogP contribution in [0, 0.1) is 17.3 Å². The number of rotatable bonds is 0. The second-order valence-corrected chi connectivity index (χ2v) is 5.49. The number of Topliss-reactive ketones (excluding diaryl/α,β-unsaturated/α-hetero) is 2. The second-order valence-electron chi connectivity index (χ2n) is 4.31. The normalized spacial score (nSPS) is 55.6. The van der Waals surface area contributed by atoms with Crippen LogP contribution >= 0.6 is 15.9 Å². The van der Waals surface area contributed by atoms with Crippen LogP contribution in [0.25, 0.3) is 0 Å². The fourth-order valence-electron chi connectivity index (χ4n) is 3.25. The van der Waals surface area contributed by atoms with E-state index in [1.165, 1.54) is 0 Å². The number of carbonyl (C=O) groups excluding carboxylic acids is 2. The van der Waals surface area contributed by atoms with Gasteiger partial charge < -0.3 is 0 Å². The van der Waals surface area contributed by atoms with E-state index in [1.807, 2.05) is 0 Å². The minimum absolute atomic E-state index is 0.0561. The molecule has 12 heavy (non-hydrogen) atoms. The molecule has 3 heteroatoms. The molecule has 2 bridgehead atoms. The monoisotopic (exact) mass is 228 g/mol. The second kappa shape index (κ2) is 1.84. The molecule has 4 unspecified atom stereocenters. The molecule has 0 N–H and O–H groups in total. The number of halogens is 1. The SMILES string of the molecule is O=C1C(=O)C23CC1CC2C(Br)C3. The molecule has 0 amide bonds. The summed E-state index contributed by atoms with van der Waals surface area (Å²) in [5.41, 5.74) is -0.185. The van der Waals surface area contributed by atoms with Crippen LogP contribution in [-0.4, -0.2) is 16.4 Å². The maximum Gasteiger partial charge on any atom is 0.205 e. The van der Waals surface area contributed by atoms with Crippen LogP contribution < -0.4 is 0 Å². The first kappa shape index (κ1) is 7.25. The lowest BCUT2D eigenvalue weighted by molar-refractivity contribution is -0.147. The molecule has 0 radical (unpaired) electrons. The molecule has 3 aliphatic carbocycles. The third-order valence-electron chi connectivity index (χ3n) is 3.90. The van der Waals surface area contributed by atoms with Gasteiger partial charge in [0.1, 0.15) is 0 Å². The quantitative estimate of drug-likeness (QED) is 0.463. The van der Waals surface area contributed by atoms with Gasteiger partial charge in [-0.05, 0) is 25.2 Å². The lowest BCUT2D eigenvalue weighted by Gasteiger charge is -2.47. The van der Waals surface area contributed by atoms with Crippen molar-refractivity contribution in [3.8, 4) is 0 Å². The molecular weight excluding hydrogens is 220 g/mol. The van der Waals surface area contributed by atoms with Gasteiger partial charge in [0.15, 0.2) is 0 Å². The number of hydrogen-bond donors (Lipinski definition) is 0. The van der Waals surface area contributed by atoms with Crippen LogP contribution in [0.5, 0.6) is 0 Å². The van der Waals surface area contributed by atoms with E-state index in [9.17, 15) is 9.59 Å². The summed E-state index contributed by atoms with van der Waals surface area (Å²) in [6, 6.07) is 0. The molecule has 3 aliphatic rings. The van der Waals surface area contributed by atoms with Crippen molar-refractivity contribution >= 4 is 27.5 Å². The van der Waals surface area contributed by atoms with Crippen LogP contribution in [0.15, 0.2) is 0 Å². The highest BCUT2D eigenvalue weighted by Crippen LogP contribution is 2.66. The Labute approximate surface area is 78.8 Å². The van der Waals surface area contributed by atoms with E-state index < -0.39 is 0 Å². The molecule has 0 aromatic carbocycles. The Morgan fingerprint density at radius 1 is 1.33 bits per heavy atom. The Morgan fingerprint density at radius 2 is 2.08 bits per heavy atom. The average Bonchev–Trinajstić information content (AvgIpc) is 2.46. The van der Waals surface area contributed by atoms with Gasteiger partial charge >= 0.3 is 0 Å². The summed E-state index contributed by atoms with van der Waals surface area (Å²) in [6.07, 6.45) is 2.72. The number of ketones is 2. The van der Waals surface area contributed by atoms with Crippen molar-refractivity contribution in [2.75, 3.05) is 0 Å². The third kappa shape index (κ3) is 0.534. The van der Waals surface area contributed by atoms with Crippen molar-refractivity contribution in [2.24, 2.45) is 17.3 Å². The van der Waals surface area contributed by atoms with Crippen molar-refractivity contribution in [1.82, 2.24) is 0 Å². The molecule has 3 saturated carbocycles. The highest BCUT2D eigenvalue weighted by molar-refractivity contribution is 9.09. The minimum atomic E-state index is -0.185. The van der Waals surface area contributed by atoms with Crippen molar-refractivity contribution in [3.63, 3.8) is 0 Å². The van der Waals surface area contributed by atoms with Crippen LogP contribution in [0.1, 0.15) is 19.3 Å². The van der Waals surface area contributed by atoms with E-state index in [2.05, 4.69) is 15.9 Å². The molecule has 2 nitrogen and oxygen atoms in total. The number of hydrogen-bond acceptors (Lipinski definition) is 2. The molecule has 0 heterocycles. The molecule has 0 aromatic rings. The van der Waals surface area contributed by atoms with Gasteiger partial charge in [0, 0.05) is 16.2 Å². The molecule has 3 rings (SSSR count). The van der Waals surface area contributed by atoms with E-state index in [4.69, 9.17) is 0 Å². The molecule has 0 aliphatic heterocycles. The van der Waals surface area contributed by atoms with Gasteiger partial charge in [-0.3, -0.25) is 9.59 Å². The van der Waals surface area contributed by atoms with Crippen molar-refractivity contribution in [1.29, 1.82) is 0 Å². The van der Waals surface area contributed by atoms with Gasteiger partial charge in [0.2, 0.25) is 11.6 Å². The predicted molar refractivity (Wildman–Crippen MR) is 46.0 cm³/mol. The van der Waals surface area contributed by atoms with Gasteiger partial charge in [-0.1, -0.05) is 15.9 Å². The zero-order valence-electron chi connectivity index (χ0n) is 6.55. The number of carbonyl (C=O) groups is 2.